The van der Waals surface area contributed by atoms with Crippen molar-refractivity contribution in [3.05, 3.63) is 29.7 Å². The second-order valence-corrected chi connectivity index (χ2v) is 6.11. The third kappa shape index (κ3) is 3.77. The number of hydrogen-bond acceptors (Lipinski definition) is 3. The van der Waals surface area contributed by atoms with Gasteiger partial charge in [0.25, 0.3) is 5.91 Å². The number of nitrogens with zero attached hydrogens (tertiary/aromatic N) is 4. The monoisotopic (exact) mass is 341 g/mol. The van der Waals surface area contributed by atoms with E-state index in [0.29, 0.717) is 11.5 Å². The Bertz CT molecular complexity index is 734. The van der Waals surface area contributed by atoms with Crippen molar-refractivity contribution < 1.29 is 18.0 Å². The summed E-state index contributed by atoms with van der Waals surface area (Å²) in [6.45, 7) is 2.64. The number of carbonyl (C=O) groups excluding carboxylic acids is 1. The summed E-state index contributed by atoms with van der Waals surface area (Å²) in [5, 5.41) is 10.8. The van der Waals surface area contributed by atoms with Gasteiger partial charge in [0.05, 0.1) is 23.9 Å². The van der Waals surface area contributed by atoms with Gasteiger partial charge < -0.3 is 5.32 Å². The van der Waals surface area contributed by atoms with Gasteiger partial charge in [0, 0.05) is 25.4 Å². The van der Waals surface area contributed by atoms with Crippen LogP contribution in [-0.4, -0.2) is 31.6 Å². The summed E-state index contributed by atoms with van der Waals surface area (Å²) in [6, 6.07) is 1.48. The molecule has 2 aromatic heterocycles. The van der Waals surface area contributed by atoms with Crippen LogP contribution in [0.15, 0.2) is 18.5 Å². The molecule has 0 saturated heterocycles. The molecule has 0 aliphatic carbocycles. The number of amides is 1. The zero-order valence-corrected chi connectivity index (χ0v) is 13.2. The fourth-order valence-corrected chi connectivity index (χ4v) is 2.76. The van der Waals surface area contributed by atoms with Crippen molar-refractivity contribution in [2.24, 2.45) is 5.92 Å². The highest BCUT2D eigenvalue weighted by atomic mass is 19.4. The van der Waals surface area contributed by atoms with Gasteiger partial charge in [0.1, 0.15) is 0 Å². The van der Waals surface area contributed by atoms with Gasteiger partial charge in [-0.05, 0) is 18.8 Å². The number of aromatic nitrogens is 4. The zero-order chi connectivity index (χ0) is 17.3. The molecule has 0 spiro atoms. The summed E-state index contributed by atoms with van der Waals surface area (Å²) in [6.07, 6.45) is -0.442. The second-order valence-electron chi connectivity index (χ2n) is 6.11. The van der Waals surface area contributed by atoms with Crippen LogP contribution in [0.5, 0.6) is 0 Å². The minimum absolute atomic E-state index is 0.228. The highest BCUT2D eigenvalue weighted by molar-refractivity contribution is 6.04. The molecule has 3 rings (SSSR count). The van der Waals surface area contributed by atoms with Crippen molar-refractivity contribution in [3.8, 4) is 0 Å². The standard InChI is InChI=1S/C15H18F3N5O/c1-10-2-6-23-12(8-10)11(9-19-23)14(24)20-13-3-5-22(21-13)7-4-15(16,17)18/h3,5,9-10H,2,4,6-8H2,1H3,(H,20,21,24). The molecular weight excluding hydrogens is 323 g/mol. The molecule has 0 radical (unpaired) electrons. The first-order valence-corrected chi connectivity index (χ1v) is 7.78. The summed E-state index contributed by atoms with van der Waals surface area (Å²) < 4.78 is 39.6. The first-order valence-electron chi connectivity index (χ1n) is 7.78. The van der Waals surface area contributed by atoms with E-state index in [1.165, 1.54) is 23.1 Å². The molecule has 1 atom stereocenters. The van der Waals surface area contributed by atoms with Crippen LogP contribution in [0.25, 0.3) is 0 Å². The Hall–Kier alpha value is -2.32. The van der Waals surface area contributed by atoms with E-state index in [0.717, 1.165) is 25.1 Å². The normalized spacial score (nSPS) is 17.6. The summed E-state index contributed by atoms with van der Waals surface area (Å²) in [5.74, 6) is 0.375. The van der Waals surface area contributed by atoms with E-state index < -0.39 is 12.6 Å². The van der Waals surface area contributed by atoms with Crippen molar-refractivity contribution in [1.82, 2.24) is 19.6 Å². The third-order valence-electron chi connectivity index (χ3n) is 4.08. The molecule has 24 heavy (non-hydrogen) atoms. The highest BCUT2D eigenvalue weighted by Gasteiger charge is 2.27. The molecule has 130 valence electrons. The third-order valence-corrected chi connectivity index (χ3v) is 4.08. The quantitative estimate of drug-likeness (QED) is 0.930. The largest absolute Gasteiger partial charge is 0.390 e. The number of nitrogens with one attached hydrogen (secondary N) is 1. The Morgan fingerprint density at radius 2 is 2.25 bits per heavy atom. The predicted octanol–water partition coefficient (Wildman–Crippen LogP) is 2.87. The number of aryl methyl sites for hydroxylation is 2. The van der Waals surface area contributed by atoms with Crippen LogP contribution in [0.1, 0.15) is 35.8 Å². The van der Waals surface area contributed by atoms with Crippen LogP contribution < -0.4 is 5.32 Å². The molecule has 9 heteroatoms. The Morgan fingerprint density at radius 1 is 1.46 bits per heavy atom. The molecular formula is C15H18F3N5O. The fourth-order valence-electron chi connectivity index (χ4n) is 2.76. The first kappa shape index (κ1) is 16.5. The van der Waals surface area contributed by atoms with Crippen molar-refractivity contribution >= 4 is 11.7 Å². The number of hydrogen-bond donors (Lipinski definition) is 1. The van der Waals surface area contributed by atoms with Crippen molar-refractivity contribution in [3.63, 3.8) is 0 Å². The lowest BCUT2D eigenvalue weighted by atomic mass is 9.96. The fraction of sp³-hybridized carbons (Fsp3) is 0.533. The number of rotatable bonds is 4. The molecule has 1 unspecified atom stereocenters. The molecule has 3 heterocycles. The van der Waals surface area contributed by atoms with E-state index in [-0.39, 0.29) is 18.3 Å². The SMILES string of the molecule is CC1CCn2ncc(C(=O)Nc3ccn(CCC(F)(F)F)n3)c2C1. The Kier molecular flexibility index (Phi) is 4.33. The zero-order valence-electron chi connectivity index (χ0n) is 13.2. The maximum atomic E-state index is 12.4. The molecule has 1 amide bonds. The topological polar surface area (TPSA) is 64.7 Å². The number of alkyl halides is 3. The molecule has 2 aromatic rings. The predicted molar refractivity (Wildman–Crippen MR) is 80.6 cm³/mol. The van der Waals surface area contributed by atoms with Gasteiger partial charge in [-0.1, -0.05) is 6.92 Å². The minimum atomic E-state index is -4.23. The summed E-state index contributed by atoms with van der Waals surface area (Å²) in [4.78, 5) is 12.4. The van der Waals surface area contributed by atoms with E-state index in [4.69, 9.17) is 0 Å². The molecule has 1 N–H and O–H groups in total. The van der Waals surface area contributed by atoms with Crippen molar-refractivity contribution in [2.45, 2.75) is 45.5 Å². The lowest BCUT2D eigenvalue weighted by Gasteiger charge is -2.20. The summed E-state index contributed by atoms with van der Waals surface area (Å²) in [7, 11) is 0. The van der Waals surface area contributed by atoms with Gasteiger partial charge in [-0.15, -0.1) is 0 Å². The van der Waals surface area contributed by atoms with E-state index >= 15 is 0 Å². The molecule has 1 aliphatic heterocycles. The highest BCUT2D eigenvalue weighted by Crippen LogP contribution is 2.23. The van der Waals surface area contributed by atoms with Gasteiger partial charge in [-0.3, -0.25) is 14.2 Å². The molecule has 0 aromatic carbocycles. The van der Waals surface area contributed by atoms with Crippen LogP contribution in [0, 0.1) is 5.92 Å². The number of halogens is 3. The Balaban J connectivity index is 1.66. The molecule has 0 saturated carbocycles. The van der Waals surface area contributed by atoms with Gasteiger partial charge in [-0.25, -0.2) is 0 Å². The maximum Gasteiger partial charge on any atom is 0.390 e. The molecule has 0 bridgehead atoms. The second kappa shape index (κ2) is 6.29. The summed E-state index contributed by atoms with van der Waals surface area (Å²) >= 11 is 0. The van der Waals surface area contributed by atoms with Crippen LogP contribution in [0.4, 0.5) is 19.0 Å². The smallest absolute Gasteiger partial charge is 0.305 e. The minimum Gasteiger partial charge on any atom is -0.305 e. The van der Waals surface area contributed by atoms with E-state index in [1.807, 2.05) is 4.68 Å². The molecule has 1 aliphatic rings. The van der Waals surface area contributed by atoms with Crippen LogP contribution in [0.2, 0.25) is 0 Å². The van der Waals surface area contributed by atoms with Gasteiger partial charge in [0.2, 0.25) is 0 Å². The number of carbonyl (C=O) groups is 1. The van der Waals surface area contributed by atoms with E-state index in [9.17, 15) is 18.0 Å². The van der Waals surface area contributed by atoms with E-state index in [2.05, 4.69) is 22.4 Å². The first-order chi connectivity index (χ1) is 11.3. The average Bonchev–Trinajstić information content (AvgIpc) is 3.10. The number of fused-ring (bicyclic) bond motifs is 1. The average molecular weight is 341 g/mol. The van der Waals surface area contributed by atoms with Crippen molar-refractivity contribution in [2.75, 3.05) is 5.32 Å². The summed E-state index contributed by atoms with van der Waals surface area (Å²) in [5.41, 5.74) is 1.38. The van der Waals surface area contributed by atoms with Crippen LogP contribution in [-0.2, 0) is 19.5 Å². The molecule has 6 nitrogen and oxygen atoms in total. The maximum absolute atomic E-state index is 12.4. The molecule has 0 fully saturated rings. The van der Waals surface area contributed by atoms with Crippen molar-refractivity contribution in [1.29, 1.82) is 0 Å². The van der Waals surface area contributed by atoms with Gasteiger partial charge >= 0.3 is 6.18 Å². The Morgan fingerprint density at radius 3 is 3.00 bits per heavy atom. The lowest BCUT2D eigenvalue weighted by molar-refractivity contribution is -0.137. The number of anilines is 1. The van der Waals surface area contributed by atoms with Gasteiger partial charge in [-0.2, -0.15) is 23.4 Å². The van der Waals surface area contributed by atoms with E-state index in [1.54, 1.807) is 0 Å². The van der Waals surface area contributed by atoms with Crippen LogP contribution in [0.3, 0.4) is 0 Å². The Labute approximate surface area is 136 Å². The van der Waals surface area contributed by atoms with Gasteiger partial charge in [0.15, 0.2) is 5.82 Å². The lowest BCUT2D eigenvalue weighted by Crippen LogP contribution is -2.21. The van der Waals surface area contributed by atoms with Crippen LogP contribution >= 0.6 is 0 Å².